The molecule has 2 fully saturated rings. The van der Waals surface area contributed by atoms with E-state index < -0.39 is 5.54 Å². The van der Waals surface area contributed by atoms with Gasteiger partial charge in [-0.1, -0.05) is 25.7 Å². The van der Waals surface area contributed by atoms with E-state index in [2.05, 4.69) is 0 Å². The van der Waals surface area contributed by atoms with Crippen LogP contribution in [0.5, 0.6) is 0 Å². The van der Waals surface area contributed by atoms with Gasteiger partial charge in [-0.2, -0.15) is 0 Å². The first-order valence-electron chi connectivity index (χ1n) is 6.02. The van der Waals surface area contributed by atoms with Gasteiger partial charge in [0.1, 0.15) is 5.54 Å². The molecule has 0 aromatic rings. The summed E-state index contributed by atoms with van der Waals surface area (Å²) in [6.07, 6.45) is 8.85. The zero-order valence-electron chi connectivity index (χ0n) is 9.55. The van der Waals surface area contributed by atoms with Gasteiger partial charge in [0.15, 0.2) is 0 Å². The number of carbonyl (C=O) groups excluding carboxylic acids is 1. The largest absolute Gasteiger partial charge is 0.468 e. The molecular formula is C12H21NO2. The molecule has 15 heavy (non-hydrogen) atoms. The Morgan fingerprint density at radius 1 is 1.07 bits per heavy atom. The summed E-state index contributed by atoms with van der Waals surface area (Å²) in [5.74, 6) is -0.191. The number of ether oxygens (including phenoxy) is 1. The first-order valence-corrected chi connectivity index (χ1v) is 6.02. The monoisotopic (exact) mass is 211 g/mol. The van der Waals surface area contributed by atoms with Gasteiger partial charge < -0.3 is 10.5 Å². The molecule has 2 aliphatic carbocycles. The minimum Gasteiger partial charge on any atom is -0.468 e. The van der Waals surface area contributed by atoms with Gasteiger partial charge in [0.2, 0.25) is 0 Å². The van der Waals surface area contributed by atoms with Crippen molar-refractivity contribution in [3.63, 3.8) is 0 Å². The average molecular weight is 211 g/mol. The van der Waals surface area contributed by atoms with Crippen LogP contribution in [0, 0.1) is 5.41 Å². The Balaban J connectivity index is 2.29. The van der Waals surface area contributed by atoms with Gasteiger partial charge in [0.05, 0.1) is 7.11 Å². The Morgan fingerprint density at radius 3 is 2.00 bits per heavy atom. The first kappa shape index (κ1) is 10.9. The van der Waals surface area contributed by atoms with Crippen molar-refractivity contribution in [3.8, 4) is 0 Å². The predicted molar refractivity (Wildman–Crippen MR) is 58.3 cm³/mol. The number of hydrogen-bond acceptors (Lipinski definition) is 3. The van der Waals surface area contributed by atoms with Crippen molar-refractivity contribution in [2.24, 2.45) is 11.1 Å². The molecule has 0 heterocycles. The Hall–Kier alpha value is -0.570. The minimum absolute atomic E-state index is 0.0539. The van der Waals surface area contributed by atoms with Gasteiger partial charge in [-0.05, 0) is 31.1 Å². The summed E-state index contributed by atoms with van der Waals surface area (Å²) < 4.78 is 4.92. The van der Waals surface area contributed by atoms with Crippen LogP contribution in [-0.4, -0.2) is 18.6 Å². The fourth-order valence-electron chi connectivity index (χ4n) is 3.60. The van der Waals surface area contributed by atoms with E-state index in [9.17, 15) is 4.79 Å². The van der Waals surface area contributed by atoms with Crippen LogP contribution >= 0.6 is 0 Å². The summed E-state index contributed by atoms with van der Waals surface area (Å²) in [4.78, 5) is 11.9. The molecule has 1 spiro atoms. The molecule has 1 atom stereocenters. The number of carbonyl (C=O) groups is 1. The van der Waals surface area contributed by atoms with Gasteiger partial charge in [-0.25, -0.2) is 0 Å². The molecule has 1 unspecified atom stereocenters. The van der Waals surface area contributed by atoms with Gasteiger partial charge in [0.25, 0.3) is 0 Å². The fraction of sp³-hybridized carbons (Fsp3) is 0.917. The van der Waals surface area contributed by atoms with E-state index in [1.54, 1.807) is 0 Å². The molecule has 0 radical (unpaired) electrons. The molecule has 0 aromatic carbocycles. The van der Waals surface area contributed by atoms with Crippen molar-refractivity contribution in [3.05, 3.63) is 0 Å². The van der Waals surface area contributed by atoms with Crippen molar-refractivity contribution in [2.75, 3.05) is 7.11 Å². The van der Waals surface area contributed by atoms with Crippen molar-refractivity contribution >= 4 is 5.97 Å². The summed E-state index contributed by atoms with van der Waals surface area (Å²) in [5.41, 5.74) is 5.73. The number of rotatable bonds is 1. The summed E-state index contributed by atoms with van der Waals surface area (Å²) in [7, 11) is 1.45. The van der Waals surface area contributed by atoms with E-state index in [4.69, 9.17) is 10.5 Å². The number of esters is 1. The maximum absolute atomic E-state index is 11.9. The molecule has 2 saturated carbocycles. The summed E-state index contributed by atoms with van der Waals surface area (Å²) >= 11 is 0. The van der Waals surface area contributed by atoms with Gasteiger partial charge in [-0.3, -0.25) is 4.79 Å². The zero-order chi connectivity index (χ0) is 10.9. The fourth-order valence-corrected chi connectivity index (χ4v) is 3.60. The second kappa shape index (κ2) is 3.78. The van der Waals surface area contributed by atoms with Crippen LogP contribution in [0.3, 0.4) is 0 Å². The molecule has 3 heteroatoms. The van der Waals surface area contributed by atoms with Crippen molar-refractivity contribution in [2.45, 2.75) is 56.9 Å². The van der Waals surface area contributed by atoms with E-state index in [1.807, 2.05) is 0 Å². The lowest BCUT2D eigenvalue weighted by atomic mass is 9.60. The van der Waals surface area contributed by atoms with Crippen LogP contribution < -0.4 is 5.73 Å². The van der Waals surface area contributed by atoms with E-state index >= 15 is 0 Å². The third kappa shape index (κ3) is 1.48. The molecule has 0 aliphatic heterocycles. The molecule has 2 aliphatic rings. The average Bonchev–Trinajstić information content (AvgIpc) is 2.71. The SMILES string of the molecule is COC(=O)C1(N)CCCCC12CCCC2. The molecule has 0 amide bonds. The Morgan fingerprint density at radius 2 is 1.53 bits per heavy atom. The highest BCUT2D eigenvalue weighted by atomic mass is 16.5. The Kier molecular flexibility index (Phi) is 2.75. The molecule has 2 N–H and O–H groups in total. The third-order valence-electron chi connectivity index (χ3n) is 4.53. The van der Waals surface area contributed by atoms with Gasteiger partial charge in [0, 0.05) is 0 Å². The van der Waals surface area contributed by atoms with Crippen molar-refractivity contribution in [1.29, 1.82) is 0 Å². The minimum atomic E-state index is -0.698. The van der Waals surface area contributed by atoms with Crippen LogP contribution in [0.1, 0.15) is 51.4 Å². The van der Waals surface area contributed by atoms with E-state index in [-0.39, 0.29) is 11.4 Å². The first-order chi connectivity index (χ1) is 7.15. The summed E-state index contributed by atoms with van der Waals surface area (Å²) in [5, 5.41) is 0. The van der Waals surface area contributed by atoms with Crippen molar-refractivity contribution in [1.82, 2.24) is 0 Å². The van der Waals surface area contributed by atoms with Crippen LogP contribution in [0.15, 0.2) is 0 Å². The van der Waals surface area contributed by atoms with E-state index in [1.165, 1.54) is 26.4 Å². The maximum Gasteiger partial charge on any atom is 0.326 e. The second-order valence-corrected chi connectivity index (χ2v) is 5.16. The van der Waals surface area contributed by atoms with Gasteiger partial charge >= 0.3 is 5.97 Å². The molecule has 0 bridgehead atoms. The predicted octanol–water partition coefficient (Wildman–Crippen LogP) is 1.99. The zero-order valence-corrected chi connectivity index (χ0v) is 9.55. The molecule has 0 aromatic heterocycles. The third-order valence-corrected chi connectivity index (χ3v) is 4.53. The lowest BCUT2D eigenvalue weighted by molar-refractivity contribution is -0.155. The number of hydrogen-bond donors (Lipinski definition) is 1. The number of methoxy groups -OCH3 is 1. The lowest BCUT2D eigenvalue weighted by Crippen LogP contribution is -2.62. The van der Waals surface area contributed by atoms with Crippen LogP contribution in [-0.2, 0) is 9.53 Å². The highest BCUT2D eigenvalue weighted by Gasteiger charge is 2.56. The lowest BCUT2D eigenvalue weighted by Gasteiger charge is -2.47. The van der Waals surface area contributed by atoms with Crippen LogP contribution in [0.4, 0.5) is 0 Å². The van der Waals surface area contributed by atoms with E-state index in [0.717, 1.165) is 32.1 Å². The summed E-state index contributed by atoms with van der Waals surface area (Å²) in [6.45, 7) is 0. The van der Waals surface area contributed by atoms with Crippen molar-refractivity contribution < 1.29 is 9.53 Å². The molecule has 86 valence electrons. The Bertz CT molecular complexity index is 258. The summed E-state index contributed by atoms with van der Waals surface area (Å²) in [6, 6.07) is 0. The smallest absolute Gasteiger partial charge is 0.326 e. The molecule has 0 saturated heterocycles. The normalized spacial score (nSPS) is 34.3. The second-order valence-electron chi connectivity index (χ2n) is 5.16. The standard InChI is InChI=1S/C12H21NO2/c1-15-10(14)12(13)9-5-4-8-11(12)6-2-3-7-11/h2-9,13H2,1H3. The van der Waals surface area contributed by atoms with E-state index in [0.29, 0.717) is 0 Å². The van der Waals surface area contributed by atoms with Crippen LogP contribution in [0.25, 0.3) is 0 Å². The topological polar surface area (TPSA) is 52.3 Å². The molecule has 3 nitrogen and oxygen atoms in total. The van der Waals surface area contributed by atoms with Crippen LogP contribution in [0.2, 0.25) is 0 Å². The highest BCUT2D eigenvalue weighted by molar-refractivity contribution is 5.82. The molecule has 2 rings (SSSR count). The maximum atomic E-state index is 11.9. The molecular weight excluding hydrogens is 190 g/mol. The Labute approximate surface area is 91.4 Å². The highest BCUT2D eigenvalue weighted by Crippen LogP contribution is 2.53. The number of nitrogens with two attached hydrogens (primary N) is 1. The van der Waals surface area contributed by atoms with Gasteiger partial charge in [-0.15, -0.1) is 0 Å². The quantitative estimate of drug-likeness (QED) is 0.675.